The van der Waals surface area contributed by atoms with Gasteiger partial charge in [-0.05, 0) is 12.8 Å². The Morgan fingerprint density at radius 3 is 2.26 bits per heavy atom. The first-order valence-corrected chi connectivity index (χ1v) is 6.60. The zero-order valence-electron chi connectivity index (χ0n) is 11.6. The molecule has 0 aliphatic heterocycles. The lowest BCUT2D eigenvalue weighted by molar-refractivity contribution is -0.146. The third-order valence-electron chi connectivity index (χ3n) is 3.84. The van der Waals surface area contributed by atoms with Crippen LogP contribution in [-0.4, -0.2) is 46.9 Å². The van der Waals surface area contributed by atoms with E-state index in [0.29, 0.717) is 12.8 Å². The standard InChI is InChI=1S/C13H22N2O4/c1-10(16)14-9-11(17)15(2)13(8-12(18)19)6-4-3-5-7-13/h3-9H2,1-2H3,(H,14,16)(H,18,19). The minimum atomic E-state index is -0.888. The van der Waals surface area contributed by atoms with Crippen LogP contribution in [0.5, 0.6) is 0 Å². The highest BCUT2D eigenvalue weighted by atomic mass is 16.4. The van der Waals surface area contributed by atoms with Crippen LogP contribution in [0.25, 0.3) is 0 Å². The van der Waals surface area contributed by atoms with Gasteiger partial charge in [0.25, 0.3) is 0 Å². The maximum absolute atomic E-state index is 12.1. The lowest BCUT2D eigenvalue weighted by Crippen LogP contribution is -2.54. The molecule has 108 valence electrons. The van der Waals surface area contributed by atoms with Crippen LogP contribution in [0.3, 0.4) is 0 Å². The fraction of sp³-hybridized carbons (Fsp3) is 0.769. The number of hydrogen-bond acceptors (Lipinski definition) is 3. The Morgan fingerprint density at radius 1 is 1.21 bits per heavy atom. The van der Waals surface area contributed by atoms with Crippen LogP contribution in [0.1, 0.15) is 45.4 Å². The molecule has 1 aliphatic rings. The molecule has 0 atom stereocenters. The SMILES string of the molecule is CC(=O)NCC(=O)N(C)C1(CC(=O)O)CCCCC1. The summed E-state index contributed by atoms with van der Waals surface area (Å²) in [5, 5.41) is 11.5. The average Bonchev–Trinajstić information content (AvgIpc) is 2.35. The molecule has 0 aromatic heterocycles. The minimum Gasteiger partial charge on any atom is -0.481 e. The lowest BCUT2D eigenvalue weighted by atomic mass is 9.78. The molecular weight excluding hydrogens is 248 g/mol. The Balaban J connectivity index is 2.75. The highest BCUT2D eigenvalue weighted by Crippen LogP contribution is 2.35. The molecule has 1 fully saturated rings. The second-order valence-corrected chi connectivity index (χ2v) is 5.22. The van der Waals surface area contributed by atoms with Gasteiger partial charge in [0, 0.05) is 14.0 Å². The maximum atomic E-state index is 12.1. The number of amides is 2. The smallest absolute Gasteiger partial charge is 0.305 e. The number of carboxylic acids is 1. The maximum Gasteiger partial charge on any atom is 0.305 e. The van der Waals surface area contributed by atoms with Crippen molar-refractivity contribution in [1.82, 2.24) is 10.2 Å². The lowest BCUT2D eigenvalue weighted by Gasteiger charge is -2.44. The van der Waals surface area contributed by atoms with Gasteiger partial charge in [0.15, 0.2) is 0 Å². The van der Waals surface area contributed by atoms with Gasteiger partial charge in [-0.3, -0.25) is 14.4 Å². The van der Waals surface area contributed by atoms with E-state index in [1.165, 1.54) is 11.8 Å². The van der Waals surface area contributed by atoms with Crippen LogP contribution in [-0.2, 0) is 14.4 Å². The Hall–Kier alpha value is -1.59. The molecule has 0 aromatic rings. The van der Waals surface area contributed by atoms with Crippen LogP contribution >= 0.6 is 0 Å². The van der Waals surface area contributed by atoms with Crippen molar-refractivity contribution in [3.05, 3.63) is 0 Å². The first-order chi connectivity index (χ1) is 8.87. The molecule has 0 radical (unpaired) electrons. The van der Waals surface area contributed by atoms with Crippen molar-refractivity contribution < 1.29 is 19.5 Å². The van der Waals surface area contributed by atoms with E-state index in [9.17, 15) is 14.4 Å². The van der Waals surface area contributed by atoms with Crippen molar-refractivity contribution in [2.24, 2.45) is 0 Å². The van der Waals surface area contributed by atoms with E-state index in [4.69, 9.17) is 5.11 Å². The molecule has 6 heteroatoms. The summed E-state index contributed by atoms with van der Waals surface area (Å²) < 4.78 is 0. The topological polar surface area (TPSA) is 86.7 Å². The normalized spacial score (nSPS) is 17.6. The van der Waals surface area contributed by atoms with E-state index < -0.39 is 11.5 Å². The van der Waals surface area contributed by atoms with E-state index >= 15 is 0 Å². The fourth-order valence-electron chi connectivity index (χ4n) is 2.71. The molecule has 1 rings (SSSR count). The first kappa shape index (κ1) is 15.5. The number of likely N-dealkylation sites (N-methyl/N-ethyl adjacent to an activating group) is 1. The summed E-state index contributed by atoms with van der Waals surface area (Å²) in [7, 11) is 1.64. The van der Waals surface area contributed by atoms with E-state index in [2.05, 4.69) is 5.32 Å². The van der Waals surface area contributed by atoms with E-state index in [-0.39, 0.29) is 24.8 Å². The summed E-state index contributed by atoms with van der Waals surface area (Å²) in [4.78, 5) is 35.5. The van der Waals surface area contributed by atoms with Crippen LogP contribution in [0, 0.1) is 0 Å². The van der Waals surface area contributed by atoms with Crippen LogP contribution in [0.2, 0.25) is 0 Å². The van der Waals surface area contributed by atoms with Gasteiger partial charge in [-0.2, -0.15) is 0 Å². The molecular formula is C13H22N2O4. The van der Waals surface area contributed by atoms with Gasteiger partial charge >= 0.3 is 5.97 Å². The van der Waals surface area contributed by atoms with Crippen LogP contribution in [0.15, 0.2) is 0 Å². The summed E-state index contributed by atoms with van der Waals surface area (Å²) in [6.45, 7) is 1.27. The van der Waals surface area contributed by atoms with Crippen molar-refractivity contribution in [3.8, 4) is 0 Å². The number of carbonyl (C=O) groups is 3. The molecule has 1 aliphatic carbocycles. The summed E-state index contributed by atoms with van der Waals surface area (Å²) in [6.07, 6.45) is 4.34. The Labute approximate surface area is 113 Å². The molecule has 19 heavy (non-hydrogen) atoms. The van der Waals surface area contributed by atoms with Crippen LogP contribution in [0.4, 0.5) is 0 Å². The first-order valence-electron chi connectivity index (χ1n) is 6.60. The molecule has 0 heterocycles. The molecule has 6 nitrogen and oxygen atoms in total. The molecule has 0 unspecified atom stereocenters. The second kappa shape index (κ2) is 6.54. The van der Waals surface area contributed by atoms with Gasteiger partial charge in [-0.1, -0.05) is 19.3 Å². The van der Waals surface area contributed by atoms with Gasteiger partial charge < -0.3 is 15.3 Å². The van der Waals surface area contributed by atoms with Gasteiger partial charge in [0.1, 0.15) is 0 Å². The zero-order valence-corrected chi connectivity index (χ0v) is 11.6. The van der Waals surface area contributed by atoms with Crippen molar-refractivity contribution >= 4 is 17.8 Å². The summed E-state index contributed by atoms with van der Waals surface area (Å²) in [5.41, 5.74) is -0.598. The Morgan fingerprint density at radius 2 is 1.79 bits per heavy atom. The highest BCUT2D eigenvalue weighted by Gasteiger charge is 2.40. The molecule has 2 amide bonds. The van der Waals surface area contributed by atoms with Gasteiger partial charge in [0.2, 0.25) is 11.8 Å². The Bertz CT molecular complexity index is 362. The third kappa shape index (κ3) is 4.22. The predicted molar refractivity (Wildman–Crippen MR) is 69.5 cm³/mol. The zero-order chi connectivity index (χ0) is 14.5. The molecule has 1 saturated carbocycles. The number of nitrogens with one attached hydrogen (secondary N) is 1. The van der Waals surface area contributed by atoms with Gasteiger partial charge in [-0.15, -0.1) is 0 Å². The van der Waals surface area contributed by atoms with Gasteiger partial charge in [-0.25, -0.2) is 0 Å². The predicted octanol–water partition coefficient (Wildman–Crippen LogP) is 0.758. The molecule has 0 bridgehead atoms. The van der Waals surface area contributed by atoms with Crippen molar-refractivity contribution in [2.45, 2.75) is 51.0 Å². The number of hydrogen-bond donors (Lipinski definition) is 2. The fourth-order valence-corrected chi connectivity index (χ4v) is 2.71. The number of carbonyl (C=O) groups excluding carboxylic acids is 2. The monoisotopic (exact) mass is 270 g/mol. The number of aliphatic carboxylic acids is 1. The van der Waals surface area contributed by atoms with Crippen molar-refractivity contribution in [2.75, 3.05) is 13.6 Å². The van der Waals surface area contributed by atoms with Crippen molar-refractivity contribution in [1.29, 1.82) is 0 Å². The molecule has 2 N–H and O–H groups in total. The third-order valence-corrected chi connectivity index (χ3v) is 3.84. The van der Waals surface area contributed by atoms with Crippen LogP contribution < -0.4 is 5.32 Å². The van der Waals surface area contributed by atoms with Crippen molar-refractivity contribution in [3.63, 3.8) is 0 Å². The summed E-state index contributed by atoms with van der Waals surface area (Å²) >= 11 is 0. The molecule has 0 aromatic carbocycles. The largest absolute Gasteiger partial charge is 0.481 e. The van der Waals surface area contributed by atoms with E-state index in [1.54, 1.807) is 7.05 Å². The number of rotatable bonds is 5. The Kier molecular flexibility index (Phi) is 5.32. The van der Waals surface area contributed by atoms with Gasteiger partial charge in [0.05, 0.1) is 18.5 Å². The number of carboxylic acid groups (broad SMARTS) is 1. The average molecular weight is 270 g/mol. The molecule has 0 saturated heterocycles. The van der Waals surface area contributed by atoms with E-state index in [1.807, 2.05) is 0 Å². The highest BCUT2D eigenvalue weighted by molar-refractivity contribution is 5.84. The second-order valence-electron chi connectivity index (χ2n) is 5.22. The summed E-state index contributed by atoms with van der Waals surface area (Å²) in [6, 6.07) is 0. The molecule has 0 spiro atoms. The van der Waals surface area contributed by atoms with E-state index in [0.717, 1.165) is 19.3 Å². The minimum absolute atomic E-state index is 0.0324. The number of nitrogens with zero attached hydrogens (tertiary/aromatic N) is 1. The quantitative estimate of drug-likeness (QED) is 0.772. The summed E-state index contributed by atoms with van der Waals surface area (Å²) in [5.74, 6) is -1.39.